The molecule has 0 spiro atoms. The number of allylic oxidation sites excluding steroid dienone is 1. The third-order valence-electron chi connectivity index (χ3n) is 5.29. The van der Waals surface area contributed by atoms with Crippen LogP contribution < -0.4 is 11.1 Å². The van der Waals surface area contributed by atoms with Crippen molar-refractivity contribution in [1.82, 2.24) is 5.32 Å². The molecule has 0 bridgehead atoms. The SMILES string of the molecule is C#C.C=C(C(O)CC=C(C)C)C1CCCC[C@]1(O)CCl.COC(=O)N[C@@H](C(N)=O)C(C)C. The summed E-state index contributed by atoms with van der Waals surface area (Å²) in [4.78, 5) is 21.4. The number of methoxy groups -OCH3 is 1. The fourth-order valence-electron chi connectivity index (χ4n) is 3.40. The van der Waals surface area contributed by atoms with E-state index in [9.17, 15) is 19.8 Å². The quantitative estimate of drug-likeness (QED) is 0.244. The minimum atomic E-state index is -0.886. The Morgan fingerprint density at radius 3 is 2.31 bits per heavy atom. The highest BCUT2D eigenvalue weighted by atomic mass is 35.5. The van der Waals surface area contributed by atoms with Crippen molar-refractivity contribution < 1.29 is 24.5 Å². The Hall–Kier alpha value is -2.01. The first-order valence-electron chi connectivity index (χ1n) is 10.6. The molecule has 8 heteroatoms. The Balaban J connectivity index is 0. The molecular weight excluding hydrogens is 432 g/mol. The number of carbonyl (C=O) groups is 2. The van der Waals surface area contributed by atoms with Gasteiger partial charge in [-0.05, 0) is 44.6 Å². The molecule has 0 heterocycles. The maximum atomic E-state index is 10.7. The molecule has 32 heavy (non-hydrogen) atoms. The van der Waals surface area contributed by atoms with Crippen LogP contribution in [0.1, 0.15) is 59.8 Å². The van der Waals surface area contributed by atoms with Crippen molar-refractivity contribution in [3.8, 4) is 12.8 Å². The molecule has 0 aromatic heterocycles. The van der Waals surface area contributed by atoms with E-state index in [0.717, 1.165) is 24.8 Å². The van der Waals surface area contributed by atoms with Gasteiger partial charge >= 0.3 is 6.09 Å². The van der Waals surface area contributed by atoms with Crippen molar-refractivity contribution >= 4 is 23.6 Å². The lowest BCUT2D eigenvalue weighted by Gasteiger charge is -2.40. The number of carbonyl (C=O) groups excluding carboxylic acids is 2. The minimum absolute atomic E-state index is 0.0402. The number of hydrogen-bond donors (Lipinski definition) is 4. The van der Waals surface area contributed by atoms with Gasteiger partial charge in [0.05, 0.1) is 24.7 Å². The zero-order valence-electron chi connectivity index (χ0n) is 20.1. The summed E-state index contributed by atoms with van der Waals surface area (Å²) >= 11 is 5.91. The minimum Gasteiger partial charge on any atom is -0.453 e. The van der Waals surface area contributed by atoms with E-state index in [1.54, 1.807) is 13.8 Å². The number of ether oxygens (including phenoxy) is 1. The summed E-state index contributed by atoms with van der Waals surface area (Å²) in [6.45, 7) is 11.6. The largest absolute Gasteiger partial charge is 0.453 e. The average Bonchev–Trinajstić information content (AvgIpc) is 2.76. The first kappa shape index (κ1) is 32.2. The third kappa shape index (κ3) is 11.6. The van der Waals surface area contributed by atoms with Crippen LogP contribution in [-0.4, -0.2) is 53.0 Å². The van der Waals surface area contributed by atoms with Gasteiger partial charge in [0, 0.05) is 5.92 Å². The van der Waals surface area contributed by atoms with Crippen LogP contribution >= 0.6 is 11.6 Å². The highest BCUT2D eigenvalue weighted by Crippen LogP contribution is 2.40. The van der Waals surface area contributed by atoms with Crippen molar-refractivity contribution in [3.63, 3.8) is 0 Å². The summed E-state index contributed by atoms with van der Waals surface area (Å²) in [7, 11) is 1.23. The van der Waals surface area contributed by atoms with Crippen LogP contribution in [0.4, 0.5) is 4.79 Å². The number of hydrogen-bond acceptors (Lipinski definition) is 5. The Morgan fingerprint density at radius 2 is 1.91 bits per heavy atom. The number of terminal acetylenes is 1. The molecule has 5 N–H and O–H groups in total. The molecule has 1 aliphatic carbocycles. The van der Waals surface area contributed by atoms with Gasteiger partial charge in [-0.2, -0.15) is 0 Å². The van der Waals surface area contributed by atoms with Crippen molar-refractivity contribution in [2.75, 3.05) is 13.0 Å². The summed E-state index contributed by atoms with van der Waals surface area (Å²) in [5, 5.41) is 23.0. The summed E-state index contributed by atoms with van der Waals surface area (Å²) in [6, 6.07) is -0.669. The topological polar surface area (TPSA) is 122 Å². The molecule has 0 aromatic carbocycles. The van der Waals surface area contributed by atoms with Crippen molar-refractivity contribution in [2.45, 2.75) is 77.5 Å². The van der Waals surface area contributed by atoms with Gasteiger partial charge in [0.15, 0.2) is 0 Å². The molecule has 0 aromatic rings. The first-order chi connectivity index (χ1) is 14.9. The standard InChI is InChI=1S/C15H25ClO2.C7H14N2O3.C2H2/c1-11(2)7-8-14(17)12(3)13-6-4-5-9-15(13,18)10-16;1-4(2)5(6(8)10)9-7(11)12-3;1-2/h7,13-14,17-18H,3-6,8-10H2,1-2H3;4-5H,1-3H3,(H2,8,10)(H,9,11);1-2H/t13?,14?,15-;5-;/m01./s1. The monoisotopic (exact) mass is 472 g/mol. The van der Waals surface area contributed by atoms with E-state index in [1.165, 1.54) is 12.7 Å². The second-order valence-corrected chi connectivity index (χ2v) is 8.67. The van der Waals surface area contributed by atoms with Crippen LogP contribution in [0.15, 0.2) is 23.8 Å². The van der Waals surface area contributed by atoms with Crippen LogP contribution in [0.5, 0.6) is 0 Å². The summed E-state index contributed by atoms with van der Waals surface area (Å²) in [6.07, 6.45) is 13.0. The van der Waals surface area contributed by atoms with Crippen molar-refractivity contribution in [1.29, 1.82) is 0 Å². The van der Waals surface area contributed by atoms with Gasteiger partial charge in [-0.15, -0.1) is 24.4 Å². The molecule has 1 saturated carbocycles. The van der Waals surface area contributed by atoms with E-state index < -0.39 is 29.7 Å². The van der Waals surface area contributed by atoms with Gasteiger partial charge in [0.2, 0.25) is 5.91 Å². The van der Waals surface area contributed by atoms with E-state index in [4.69, 9.17) is 17.3 Å². The van der Waals surface area contributed by atoms with Crippen molar-refractivity contribution in [3.05, 3.63) is 23.8 Å². The van der Waals surface area contributed by atoms with Crippen LogP contribution in [-0.2, 0) is 9.53 Å². The summed E-state index contributed by atoms with van der Waals surface area (Å²) in [5.41, 5.74) is 6.06. The number of alkyl halides is 1. The lowest BCUT2D eigenvalue weighted by Crippen LogP contribution is -2.47. The maximum Gasteiger partial charge on any atom is 0.407 e. The number of nitrogens with one attached hydrogen (secondary N) is 1. The van der Waals surface area contributed by atoms with Gasteiger partial charge in [0.25, 0.3) is 0 Å². The second kappa shape index (κ2) is 16.6. The van der Waals surface area contributed by atoms with Gasteiger partial charge in [-0.25, -0.2) is 4.79 Å². The van der Waals surface area contributed by atoms with Crippen molar-refractivity contribution in [2.24, 2.45) is 17.6 Å². The number of alkyl carbamates (subject to hydrolysis) is 1. The van der Waals surface area contributed by atoms with Crippen LogP contribution in [0, 0.1) is 24.7 Å². The van der Waals surface area contributed by atoms with Crippen LogP contribution in [0.3, 0.4) is 0 Å². The lowest BCUT2D eigenvalue weighted by atomic mass is 9.71. The molecule has 1 aliphatic rings. The molecule has 184 valence electrons. The van der Waals surface area contributed by atoms with Gasteiger partial charge in [-0.3, -0.25) is 4.79 Å². The fraction of sp³-hybridized carbons (Fsp3) is 0.667. The van der Waals surface area contributed by atoms with E-state index in [-0.39, 0.29) is 17.7 Å². The number of nitrogens with two attached hydrogens (primary N) is 1. The molecule has 4 atom stereocenters. The van der Waals surface area contributed by atoms with E-state index >= 15 is 0 Å². The van der Waals surface area contributed by atoms with Crippen LogP contribution in [0.25, 0.3) is 0 Å². The Kier molecular flexibility index (Phi) is 16.7. The molecule has 2 unspecified atom stereocenters. The molecular formula is C24H41ClN2O5. The number of primary amides is 1. The number of aliphatic hydroxyl groups is 2. The smallest absolute Gasteiger partial charge is 0.407 e. The third-order valence-corrected chi connectivity index (χ3v) is 5.75. The molecule has 1 fully saturated rings. The molecule has 0 radical (unpaired) electrons. The zero-order chi connectivity index (χ0) is 25.5. The number of halogens is 1. The first-order valence-corrected chi connectivity index (χ1v) is 11.2. The Labute approximate surface area is 198 Å². The average molecular weight is 473 g/mol. The van der Waals surface area contributed by atoms with Crippen LogP contribution in [0.2, 0.25) is 0 Å². The highest BCUT2D eigenvalue weighted by molar-refractivity contribution is 6.18. The van der Waals surface area contributed by atoms with Gasteiger partial charge < -0.3 is 26.0 Å². The molecule has 0 saturated heterocycles. The lowest BCUT2D eigenvalue weighted by molar-refractivity contribution is -0.120. The summed E-state index contributed by atoms with van der Waals surface area (Å²) < 4.78 is 4.32. The van der Waals surface area contributed by atoms with E-state index in [0.29, 0.717) is 12.8 Å². The fourth-order valence-corrected chi connectivity index (χ4v) is 3.72. The number of aliphatic hydroxyl groups excluding tert-OH is 1. The maximum absolute atomic E-state index is 10.7. The second-order valence-electron chi connectivity index (χ2n) is 8.40. The molecule has 2 amide bonds. The highest BCUT2D eigenvalue weighted by Gasteiger charge is 2.40. The predicted octanol–water partition coefficient (Wildman–Crippen LogP) is 3.52. The predicted molar refractivity (Wildman–Crippen MR) is 130 cm³/mol. The Morgan fingerprint density at radius 1 is 1.34 bits per heavy atom. The Bertz CT molecular complexity index is 644. The molecule has 0 aliphatic heterocycles. The molecule has 7 nitrogen and oxygen atoms in total. The number of rotatable bonds is 8. The molecule has 1 rings (SSSR count). The normalized spacial score (nSPS) is 21.4. The number of amides is 2. The van der Waals surface area contributed by atoms with E-state index in [1.807, 2.05) is 19.9 Å². The summed E-state index contributed by atoms with van der Waals surface area (Å²) in [5.74, 6) is -0.465. The van der Waals surface area contributed by atoms with Gasteiger partial charge in [-0.1, -0.05) is 44.9 Å². The van der Waals surface area contributed by atoms with Gasteiger partial charge in [0.1, 0.15) is 6.04 Å². The zero-order valence-corrected chi connectivity index (χ0v) is 20.8. The van der Waals surface area contributed by atoms with E-state index in [2.05, 4.69) is 29.5 Å².